The van der Waals surface area contributed by atoms with E-state index in [0.717, 1.165) is 5.56 Å². The van der Waals surface area contributed by atoms with Crippen LogP contribution in [0, 0.1) is 0 Å². The molecule has 0 radical (unpaired) electrons. The van der Waals surface area contributed by atoms with E-state index in [9.17, 15) is 9.59 Å². The Morgan fingerprint density at radius 1 is 1.00 bits per heavy atom. The van der Waals surface area contributed by atoms with E-state index in [1.165, 1.54) is 11.3 Å². The Bertz CT molecular complexity index is 1170. The highest BCUT2D eigenvalue weighted by Gasteiger charge is 2.20. The van der Waals surface area contributed by atoms with Crippen molar-refractivity contribution in [2.75, 3.05) is 7.11 Å². The smallest absolute Gasteiger partial charge is 0.339 e. The highest BCUT2D eigenvalue weighted by Crippen LogP contribution is 2.21. The van der Waals surface area contributed by atoms with Gasteiger partial charge in [0.05, 0.1) is 17.6 Å². The lowest BCUT2D eigenvalue weighted by Crippen LogP contribution is -2.12. The van der Waals surface area contributed by atoms with Crippen molar-refractivity contribution in [3.63, 3.8) is 0 Å². The number of esters is 1. The molecular formula is C22H16N2O5S. The minimum absolute atomic E-state index is 0.149. The van der Waals surface area contributed by atoms with E-state index >= 15 is 0 Å². The van der Waals surface area contributed by atoms with Crippen LogP contribution in [0.3, 0.4) is 0 Å². The Morgan fingerprint density at radius 3 is 2.47 bits per heavy atom. The summed E-state index contributed by atoms with van der Waals surface area (Å²) >= 11 is 1.32. The summed E-state index contributed by atoms with van der Waals surface area (Å²) < 4.78 is 15.6. The summed E-state index contributed by atoms with van der Waals surface area (Å²) in [5, 5.41) is 5.71. The number of carbonyl (C=O) groups excluding carboxylic acids is 2. The van der Waals surface area contributed by atoms with Crippen LogP contribution in [0.5, 0.6) is 5.75 Å². The maximum absolute atomic E-state index is 12.7. The fraction of sp³-hybridized carbons (Fsp3) is 0.0909. The summed E-state index contributed by atoms with van der Waals surface area (Å²) in [4.78, 5) is 30.0. The molecule has 0 fully saturated rings. The standard InChI is InChI=1S/C22H16N2O5S/c1-27-15-10-8-14(9-11-15)21-23-19(29-24-21)13-28-22(26)17-6-3-2-5-16(17)20(25)18-7-4-12-30-18/h2-12H,13H2,1H3. The topological polar surface area (TPSA) is 91.5 Å². The Kier molecular flexibility index (Phi) is 5.67. The van der Waals surface area contributed by atoms with Gasteiger partial charge in [0.25, 0.3) is 5.89 Å². The quantitative estimate of drug-likeness (QED) is 0.323. The van der Waals surface area contributed by atoms with Crippen molar-refractivity contribution >= 4 is 23.1 Å². The Morgan fingerprint density at radius 2 is 1.77 bits per heavy atom. The number of ether oxygens (including phenoxy) is 2. The van der Waals surface area contributed by atoms with Crippen molar-refractivity contribution < 1.29 is 23.6 Å². The van der Waals surface area contributed by atoms with E-state index in [1.54, 1.807) is 67.8 Å². The first-order valence-electron chi connectivity index (χ1n) is 8.97. The molecular weight excluding hydrogens is 404 g/mol. The van der Waals surface area contributed by atoms with Gasteiger partial charge in [0.1, 0.15) is 5.75 Å². The minimum Gasteiger partial charge on any atom is -0.497 e. The molecule has 0 unspecified atom stereocenters. The summed E-state index contributed by atoms with van der Waals surface area (Å²) in [7, 11) is 1.59. The van der Waals surface area contributed by atoms with E-state index in [1.807, 2.05) is 5.38 Å². The SMILES string of the molecule is COc1ccc(-c2noc(COC(=O)c3ccccc3C(=O)c3cccs3)n2)cc1. The first kappa shape index (κ1) is 19.5. The van der Waals surface area contributed by atoms with Crippen LogP contribution in [0.2, 0.25) is 0 Å². The predicted molar refractivity (Wildman–Crippen MR) is 110 cm³/mol. The number of methoxy groups -OCH3 is 1. The third kappa shape index (κ3) is 4.13. The molecule has 0 aliphatic carbocycles. The van der Waals surface area contributed by atoms with Gasteiger partial charge >= 0.3 is 5.97 Å². The van der Waals surface area contributed by atoms with Crippen molar-refractivity contribution in [2.24, 2.45) is 0 Å². The molecule has 2 heterocycles. The summed E-state index contributed by atoms with van der Waals surface area (Å²) in [6.45, 7) is -0.205. The molecule has 2 aromatic carbocycles. The summed E-state index contributed by atoms with van der Waals surface area (Å²) in [5.74, 6) is 0.372. The fourth-order valence-corrected chi connectivity index (χ4v) is 3.45. The number of rotatable bonds is 7. The molecule has 0 saturated carbocycles. The van der Waals surface area contributed by atoms with Gasteiger partial charge in [0.2, 0.25) is 11.6 Å². The number of nitrogens with zero attached hydrogens (tertiary/aromatic N) is 2. The van der Waals surface area contributed by atoms with Gasteiger partial charge < -0.3 is 14.0 Å². The number of hydrogen-bond donors (Lipinski definition) is 0. The maximum atomic E-state index is 12.7. The highest BCUT2D eigenvalue weighted by molar-refractivity contribution is 7.12. The van der Waals surface area contributed by atoms with Crippen LogP contribution in [0.1, 0.15) is 31.5 Å². The normalized spacial score (nSPS) is 10.6. The van der Waals surface area contributed by atoms with Crippen LogP contribution >= 0.6 is 11.3 Å². The minimum atomic E-state index is -0.639. The zero-order valence-corrected chi connectivity index (χ0v) is 16.7. The largest absolute Gasteiger partial charge is 0.497 e. The van der Waals surface area contributed by atoms with Crippen molar-refractivity contribution in [3.05, 3.63) is 87.9 Å². The van der Waals surface area contributed by atoms with Crippen LogP contribution in [0.4, 0.5) is 0 Å². The average molecular weight is 420 g/mol. The second-order valence-electron chi connectivity index (χ2n) is 6.17. The summed E-state index contributed by atoms with van der Waals surface area (Å²) in [6, 6.07) is 17.2. The molecule has 0 bridgehead atoms. The van der Waals surface area contributed by atoms with Crippen molar-refractivity contribution in [1.29, 1.82) is 0 Å². The molecule has 4 rings (SSSR count). The van der Waals surface area contributed by atoms with Crippen molar-refractivity contribution in [3.8, 4) is 17.1 Å². The Labute approximate surface area is 175 Å². The van der Waals surface area contributed by atoms with Gasteiger partial charge in [-0.3, -0.25) is 4.79 Å². The fourth-order valence-electron chi connectivity index (χ4n) is 2.78. The zero-order valence-electron chi connectivity index (χ0n) is 15.9. The van der Waals surface area contributed by atoms with Gasteiger partial charge in [-0.25, -0.2) is 4.79 Å². The van der Waals surface area contributed by atoms with Crippen LogP contribution in [-0.4, -0.2) is 29.0 Å². The number of carbonyl (C=O) groups is 2. The zero-order chi connectivity index (χ0) is 20.9. The maximum Gasteiger partial charge on any atom is 0.339 e. The number of ketones is 1. The molecule has 0 amide bonds. The van der Waals surface area contributed by atoms with Gasteiger partial charge in [0, 0.05) is 11.1 Å². The predicted octanol–water partition coefficient (Wildman–Crippen LogP) is 4.39. The third-order valence-electron chi connectivity index (χ3n) is 4.28. The molecule has 8 heteroatoms. The molecule has 4 aromatic rings. The van der Waals surface area contributed by atoms with Crippen LogP contribution in [0.15, 0.2) is 70.6 Å². The molecule has 0 aliphatic heterocycles. The second kappa shape index (κ2) is 8.71. The molecule has 0 spiro atoms. The van der Waals surface area contributed by atoms with Gasteiger partial charge in [-0.2, -0.15) is 4.98 Å². The third-order valence-corrected chi connectivity index (χ3v) is 5.15. The van der Waals surface area contributed by atoms with Crippen LogP contribution < -0.4 is 4.74 Å². The first-order chi connectivity index (χ1) is 14.7. The Balaban J connectivity index is 1.46. The average Bonchev–Trinajstić information content (AvgIpc) is 3.49. The van der Waals surface area contributed by atoms with Crippen molar-refractivity contribution in [1.82, 2.24) is 10.1 Å². The van der Waals surface area contributed by atoms with Gasteiger partial charge in [-0.05, 0) is 41.8 Å². The van der Waals surface area contributed by atoms with Crippen molar-refractivity contribution in [2.45, 2.75) is 6.61 Å². The van der Waals surface area contributed by atoms with E-state index in [-0.39, 0.29) is 29.4 Å². The van der Waals surface area contributed by atoms with Gasteiger partial charge in [0.15, 0.2) is 6.61 Å². The molecule has 2 aromatic heterocycles. The molecule has 150 valence electrons. The molecule has 30 heavy (non-hydrogen) atoms. The molecule has 7 nitrogen and oxygen atoms in total. The lowest BCUT2D eigenvalue weighted by Gasteiger charge is -2.07. The monoisotopic (exact) mass is 420 g/mol. The molecule has 0 N–H and O–H groups in total. The van der Waals surface area contributed by atoms with Crippen LogP contribution in [0.25, 0.3) is 11.4 Å². The molecule has 0 saturated heterocycles. The molecule has 0 aliphatic rings. The summed E-state index contributed by atoms with van der Waals surface area (Å²) in [6.07, 6.45) is 0. The Hall–Kier alpha value is -3.78. The number of hydrogen-bond acceptors (Lipinski definition) is 8. The first-order valence-corrected chi connectivity index (χ1v) is 9.85. The highest BCUT2D eigenvalue weighted by atomic mass is 32.1. The lowest BCUT2D eigenvalue weighted by molar-refractivity contribution is 0.0427. The second-order valence-corrected chi connectivity index (χ2v) is 7.12. The van der Waals surface area contributed by atoms with E-state index in [4.69, 9.17) is 14.0 Å². The van der Waals surface area contributed by atoms with Crippen LogP contribution in [-0.2, 0) is 11.3 Å². The lowest BCUT2D eigenvalue weighted by atomic mass is 10.0. The number of thiophene rings is 1. The van der Waals surface area contributed by atoms with Gasteiger partial charge in [-0.15, -0.1) is 11.3 Å². The number of benzene rings is 2. The van der Waals surface area contributed by atoms with E-state index in [2.05, 4.69) is 10.1 Å². The van der Waals surface area contributed by atoms with E-state index in [0.29, 0.717) is 16.5 Å². The summed E-state index contributed by atoms with van der Waals surface area (Å²) in [5.41, 5.74) is 1.21. The van der Waals surface area contributed by atoms with E-state index < -0.39 is 5.97 Å². The number of aromatic nitrogens is 2. The molecule has 0 atom stereocenters. The van der Waals surface area contributed by atoms with Gasteiger partial charge in [-0.1, -0.05) is 29.4 Å².